The first-order valence-electron chi connectivity index (χ1n) is 5.41. The van der Waals surface area contributed by atoms with E-state index < -0.39 is 50.3 Å². The van der Waals surface area contributed by atoms with Gasteiger partial charge in [-0.25, -0.2) is 0 Å². The summed E-state index contributed by atoms with van der Waals surface area (Å²) >= 11 is 0. The number of hydrogen-bond acceptors (Lipinski definition) is 9. The van der Waals surface area contributed by atoms with Crippen molar-refractivity contribution >= 4 is 5.84 Å². The molecular weight excluding hydrogens is 248 g/mol. The molecule has 9 nitrogen and oxygen atoms in total. The fourth-order valence-corrected chi connectivity index (χ4v) is 1.42. The highest BCUT2D eigenvalue weighted by Crippen LogP contribution is 2.15. The molecule has 0 aliphatic carbocycles. The van der Waals surface area contributed by atoms with Gasteiger partial charge in [0.1, 0.15) is 30.5 Å². The Morgan fingerprint density at radius 2 is 1.72 bits per heavy atom. The van der Waals surface area contributed by atoms with Crippen molar-refractivity contribution in [3.8, 4) is 0 Å². The minimum Gasteiger partial charge on any atom is -0.394 e. The molecule has 0 saturated heterocycles. The number of aliphatic hydroxyl groups is 6. The van der Waals surface area contributed by atoms with Gasteiger partial charge >= 0.3 is 0 Å². The van der Waals surface area contributed by atoms with Gasteiger partial charge in [-0.2, -0.15) is 0 Å². The zero-order valence-corrected chi connectivity index (χ0v) is 9.55. The van der Waals surface area contributed by atoms with Gasteiger partial charge < -0.3 is 30.6 Å². The van der Waals surface area contributed by atoms with Crippen molar-refractivity contribution in [2.24, 2.45) is 4.99 Å². The SMILES string of the molecule is OCC(CO)ONC1=N[C@H](CO)[C@@H](O)[C@H](O)[C@H]1O. The second kappa shape index (κ2) is 6.95. The van der Waals surface area contributed by atoms with Crippen LogP contribution in [-0.4, -0.2) is 86.8 Å². The van der Waals surface area contributed by atoms with Crippen molar-refractivity contribution in [3.05, 3.63) is 0 Å². The Balaban J connectivity index is 2.67. The average Bonchev–Trinajstić information content (AvgIpc) is 2.39. The van der Waals surface area contributed by atoms with E-state index in [9.17, 15) is 15.3 Å². The fraction of sp³-hybridized carbons (Fsp3) is 0.889. The lowest BCUT2D eigenvalue weighted by Crippen LogP contribution is -2.56. The maximum atomic E-state index is 9.59. The van der Waals surface area contributed by atoms with Crippen LogP contribution in [0.15, 0.2) is 4.99 Å². The van der Waals surface area contributed by atoms with E-state index in [1.807, 2.05) is 0 Å². The highest BCUT2D eigenvalue weighted by atomic mass is 16.7. The van der Waals surface area contributed by atoms with Gasteiger partial charge in [-0.1, -0.05) is 0 Å². The first-order chi connectivity index (χ1) is 8.54. The second-order valence-corrected chi connectivity index (χ2v) is 3.90. The number of aliphatic hydroxyl groups excluding tert-OH is 6. The number of aliphatic imine (C=N–C) groups is 1. The number of amidine groups is 1. The molecule has 1 aliphatic rings. The molecule has 1 heterocycles. The van der Waals surface area contributed by atoms with Gasteiger partial charge in [-0.15, -0.1) is 0 Å². The van der Waals surface area contributed by atoms with Gasteiger partial charge in [-0.05, 0) is 0 Å². The van der Waals surface area contributed by atoms with Crippen molar-refractivity contribution in [2.75, 3.05) is 19.8 Å². The van der Waals surface area contributed by atoms with Gasteiger partial charge in [0.2, 0.25) is 0 Å². The number of hydrogen-bond donors (Lipinski definition) is 7. The van der Waals surface area contributed by atoms with Gasteiger partial charge in [-0.3, -0.25) is 15.3 Å². The summed E-state index contributed by atoms with van der Waals surface area (Å²) in [5.74, 6) is -0.196. The van der Waals surface area contributed by atoms with Crippen molar-refractivity contribution in [3.63, 3.8) is 0 Å². The van der Waals surface area contributed by atoms with Crippen LogP contribution in [0.1, 0.15) is 0 Å². The molecule has 9 heteroatoms. The first kappa shape index (κ1) is 15.2. The quantitative estimate of drug-likeness (QED) is 0.247. The molecule has 106 valence electrons. The minimum absolute atomic E-state index is 0.196. The monoisotopic (exact) mass is 266 g/mol. The number of nitrogens with zero attached hydrogens (tertiary/aromatic N) is 1. The number of rotatable bonds is 5. The van der Waals surface area contributed by atoms with Crippen molar-refractivity contribution in [1.82, 2.24) is 5.48 Å². The summed E-state index contributed by atoms with van der Waals surface area (Å²) in [5.41, 5.74) is 2.19. The van der Waals surface area contributed by atoms with E-state index in [2.05, 4.69) is 10.5 Å². The van der Waals surface area contributed by atoms with E-state index in [4.69, 9.17) is 20.2 Å². The molecule has 1 aliphatic heterocycles. The molecule has 4 atom stereocenters. The molecule has 0 spiro atoms. The molecule has 7 N–H and O–H groups in total. The predicted octanol–water partition coefficient (Wildman–Crippen LogP) is -4.28. The van der Waals surface area contributed by atoms with Gasteiger partial charge in [0, 0.05) is 0 Å². The third-order valence-electron chi connectivity index (χ3n) is 2.58. The maximum Gasteiger partial charge on any atom is 0.153 e. The van der Waals surface area contributed by atoms with Crippen molar-refractivity contribution in [1.29, 1.82) is 0 Å². The molecule has 0 amide bonds. The molecule has 0 aromatic rings. The van der Waals surface area contributed by atoms with Crippen LogP contribution in [0.4, 0.5) is 0 Å². The minimum atomic E-state index is -1.52. The fourth-order valence-electron chi connectivity index (χ4n) is 1.42. The zero-order valence-electron chi connectivity index (χ0n) is 9.55. The Morgan fingerprint density at radius 1 is 1.11 bits per heavy atom. The van der Waals surface area contributed by atoms with Crippen LogP contribution >= 0.6 is 0 Å². The molecule has 0 unspecified atom stereocenters. The van der Waals surface area contributed by atoms with E-state index in [0.717, 1.165) is 0 Å². The molecular formula is C9H18N2O7. The maximum absolute atomic E-state index is 9.59. The summed E-state index contributed by atoms with van der Waals surface area (Å²) < 4.78 is 0. The Hall–Kier alpha value is -0.810. The average molecular weight is 266 g/mol. The molecule has 1 rings (SSSR count). The second-order valence-electron chi connectivity index (χ2n) is 3.90. The molecule has 0 radical (unpaired) electrons. The van der Waals surface area contributed by atoms with E-state index in [-0.39, 0.29) is 5.84 Å². The lowest BCUT2D eigenvalue weighted by molar-refractivity contribution is -0.0783. The Kier molecular flexibility index (Phi) is 5.88. The highest BCUT2D eigenvalue weighted by molar-refractivity contribution is 5.87. The van der Waals surface area contributed by atoms with E-state index in [1.165, 1.54) is 0 Å². The molecule has 0 aromatic heterocycles. The van der Waals surface area contributed by atoms with Crippen molar-refractivity contribution < 1.29 is 35.5 Å². The van der Waals surface area contributed by atoms with Gasteiger partial charge in [0.25, 0.3) is 0 Å². The smallest absolute Gasteiger partial charge is 0.153 e. The van der Waals surface area contributed by atoms with Crippen LogP contribution in [0.2, 0.25) is 0 Å². The predicted molar refractivity (Wildman–Crippen MR) is 58.5 cm³/mol. The summed E-state index contributed by atoms with van der Waals surface area (Å²) in [4.78, 5) is 8.57. The van der Waals surface area contributed by atoms with E-state index in [1.54, 1.807) is 0 Å². The molecule has 0 saturated carbocycles. The van der Waals surface area contributed by atoms with Crippen LogP contribution in [0, 0.1) is 0 Å². The Bertz CT molecular complexity index is 284. The van der Waals surface area contributed by atoms with Gasteiger partial charge in [0.05, 0.1) is 19.8 Å². The summed E-state index contributed by atoms with van der Waals surface area (Å²) in [5, 5.41) is 55.0. The lowest BCUT2D eigenvalue weighted by Gasteiger charge is -2.33. The summed E-state index contributed by atoms with van der Waals surface area (Å²) in [7, 11) is 0. The van der Waals surface area contributed by atoms with Crippen LogP contribution in [0.3, 0.4) is 0 Å². The lowest BCUT2D eigenvalue weighted by atomic mass is 9.97. The Morgan fingerprint density at radius 3 is 2.22 bits per heavy atom. The third kappa shape index (κ3) is 3.36. The number of nitrogens with one attached hydrogen (secondary N) is 1. The molecule has 18 heavy (non-hydrogen) atoms. The first-order valence-corrected chi connectivity index (χ1v) is 5.41. The van der Waals surface area contributed by atoms with Crippen LogP contribution < -0.4 is 5.48 Å². The Labute approximate surface area is 103 Å². The summed E-state index contributed by atoms with van der Waals surface area (Å²) in [6.07, 6.45) is -5.34. The van der Waals surface area contributed by atoms with E-state index >= 15 is 0 Å². The standard InChI is InChI=1S/C9H18N2O7/c12-1-4(2-13)18-11-9-8(17)7(16)6(15)5(3-14)10-9/h4-8,12-17H,1-3H2,(H,10,11)/t5-,6-,7+,8-/m1/s1. The van der Waals surface area contributed by atoms with Crippen LogP contribution in [0.5, 0.6) is 0 Å². The van der Waals surface area contributed by atoms with Crippen molar-refractivity contribution in [2.45, 2.75) is 30.5 Å². The summed E-state index contributed by atoms with van der Waals surface area (Å²) in [6.45, 7) is -1.43. The van der Waals surface area contributed by atoms with Crippen LogP contribution in [-0.2, 0) is 4.84 Å². The van der Waals surface area contributed by atoms with E-state index in [0.29, 0.717) is 0 Å². The molecule has 0 aromatic carbocycles. The topological polar surface area (TPSA) is 155 Å². The molecule has 0 bridgehead atoms. The zero-order chi connectivity index (χ0) is 13.7. The summed E-state index contributed by atoms with van der Waals surface area (Å²) in [6, 6.07) is -0.990. The highest BCUT2D eigenvalue weighted by Gasteiger charge is 2.38. The van der Waals surface area contributed by atoms with Crippen LogP contribution in [0.25, 0.3) is 0 Å². The normalized spacial score (nSPS) is 32.5. The largest absolute Gasteiger partial charge is 0.394 e. The number of hydroxylamine groups is 1. The van der Waals surface area contributed by atoms with Gasteiger partial charge in [0.15, 0.2) is 5.84 Å². The third-order valence-corrected chi connectivity index (χ3v) is 2.58. The molecule has 0 fully saturated rings.